The van der Waals surface area contributed by atoms with Gasteiger partial charge in [0.15, 0.2) is 6.61 Å². The second kappa shape index (κ2) is 9.09. The second-order valence-electron chi connectivity index (χ2n) is 5.50. The van der Waals surface area contributed by atoms with Crippen molar-refractivity contribution in [3.63, 3.8) is 0 Å². The highest BCUT2D eigenvalue weighted by atomic mass is 32.2. The van der Waals surface area contributed by atoms with E-state index in [1.807, 2.05) is 24.4 Å². The molecule has 0 aliphatic carbocycles. The summed E-state index contributed by atoms with van der Waals surface area (Å²) in [6, 6.07) is 8.75. The van der Waals surface area contributed by atoms with Crippen molar-refractivity contribution in [2.75, 3.05) is 20.8 Å². The summed E-state index contributed by atoms with van der Waals surface area (Å²) in [5.74, 6) is -1.15. The van der Waals surface area contributed by atoms with E-state index in [0.29, 0.717) is 4.47 Å². The molecule has 0 radical (unpaired) electrons. The molecule has 0 unspecified atom stereocenters. The molecular weight excluding hydrogens is 392 g/mol. The van der Waals surface area contributed by atoms with Gasteiger partial charge >= 0.3 is 5.97 Å². The quantitative estimate of drug-likeness (QED) is 0.525. The summed E-state index contributed by atoms with van der Waals surface area (Å²) in [4.78, 5) is 29.6. The molecule has 1 N–H and O–H groups in total. The Bertz CT molecular complexity index is 879. The smallest absolute Gasteiger partial charge is 0.338 e. The third-order valence-electron chi connectivity index (χ3n) is 3.67. The Morgan fingerprint density at radius 3 is 2.44 bits per heavy atom. The number of rotatable bonds is 8. The molecule has 8 nitrogen and oxygen atoms in total. The molecular formula is C17H20N2O6S2. The third-order valence-corrected chi connectivity index (χ3v) is 6.41. The molecule has 1 aromatic heterocycles. The lowest BCUT2D eigenvalue weighted by atomic mass is 10.2. The molecule has 146 valence electrons. The van der Waals surface area contributed by atoms with Gasteiger partial charge in [0.25, 0.3) is 15.9 Å². The van der Waals surface area contributed by atoms with Crippen LogP contribution in [0.25, 0.3) is 0 Å². The van der Waals surface area contributed by atoms with Crippen LogP contribution in [-0.2, 0) is 24.4 Å². The van der Waals surface area contributed by atoms with Crippen LogP contribution < -0.4 is 5.32 Å². The number of thiophene rings is 1. The number of carbonyl (C=O) groups excluding carboxylic acids is 2. The van der Waals surface area contributed by atoms with Crippen LogP contribution in [0.15, 0.2) is 46.7 Å². The van der Waals surface area contributed by atoms with Gasteiger partial charge in [-0.05, 0) is 42.6 Å². The third kappa shape index (κ3) is 5.36. The Kier molecular flexibility index (Phi) is 7.08. The van der Waals surface area contributed by atoms with Crippen molar-refractivity contribution in [3.05, 3.63) is 52.2 Å². The molecule has 0 bridgehead atoms. The van der Waals surface area contributed by atoms with Gasteiger partial charge in [0.05, 0.1) is 23.6 Å². The topological polar surface area (TPSA) is 102 Å². The zero-order valence-corrected chi connectivity index (χ0v) is 16.7. The number of hydrogen-bond donors (Lipinski definition) is 1. The molecule has 0 fully saturated rings. The first-order valence-electron chi connectivity index (χ1n) is 7.88. The average molecular weight is 412 g/mol. The Labute approximate surface area is 161 Å². The van der Waals surface area contributed by atoms with Crippen molar-refractivity contribution in [2.24, 2.45) is 0 Å². The molecule has 0 saturated heterocycles. The van der Waals surface area contributed by atoms with Gasteiger partial charge in [-0.15, -0.1) is 11.3 Å². The molecule has 27 heavy (non-hydrogen) atoms. The van der Waals surface area contributed by atoms with Crippen molar-refractivity contribution in [1.82, 2.24) is 9.79 Å². The maximum atomic E-state index is 12.1. The van der Waals surface area contributed by atoms with E-state index < -0.39 is 28.5 Å². The lowest BCUT2D eigenvalue weighted by Gasteiger charge is -2.14. The number of amides is 1. The Morgan fingerprint density at radius 1 is 1.22 bits per heavy atom. The molecule has 0 spiro atoms. The number of sulfonamides is 1. The zero-order chi connectivity index (χ0) is 20.0. The molecule has 1 aromatic carbocycles. The van der Waals surface area contributed by atoms with E-state index in [-0.39, 0.29) is 16.5 Å². The monoisotopic (exact) mass is 412 g/mol. The van der Waals surface area contributed by atoms with Gasteiger partial charge in [-0.1, -0.05) is 10.5 Å². The average Bonchev–Trinajstić information content (AvgIpc) is 3.20. The fourth-order valence-electron chi connectivity index (χ4n) is 2.12. The van der Waals surface area contributed by atoms with E-state index in [0.717, 1.165) is 4.88 Å². The molecule has 2 aromatic rings. The van der Waals surface area contributed by atoms with E-state index in [9.17, 15) is 18.0 Å². The Balaban J connectivity index is 1.91. The minimum atomic E-state index is -3.80. The van der Waals surface area contributed by atoms with Gasteiger partial charge in [-0.3, -0.25) is 9.63 Å². The summed E-state index contributed by atoms with van der Waals surface area (Å²) >= 11 is 1.52. The molecule has 1 heterocycles. The fraction of sp³-hybridized carbons (Fsp3) is 0.294. The molecule has 2 rings (SSSR count). The summed E-state index contributed by atoms with van der Waals surface area (Å²) in [6.07, 6.45) is 0. The lowest BCUT2D eigenvalue weighted by Crippen LogP contribution is -2.30. The molecule has 0 aliphatic heterocycles. The van der Waals surface area contributed by atoms with Crippen LogP contribution in [0.3, 0.4) is 0 Å². The van der Waals surface area contributed by atoms with Crippen LogP contribution in [-0.4, -0.2) is 45.5 Å². The number of hydrogen-bond acceptors (Lipinski definition) is 7. The van der Waals surface area contributed by atoms with Crippen molar-refractivity contribution < 1.29 is 27.6 Å². The van der Waals surface area contributed by atoms with E-state index in [1.165, 1.54) is 49.8 Å². The standard InChI is InChI=1S/C17H20N2O6S2/c1-12(15-5-4-10-26-15)18-16(20)11-25-17(21)13-6-8-14(9-7-13)27(22,23)19(2)24-3/h4-10,12H,11H2,1-3H3,(H,18,20)/t12-/m1/s1. The number of ether oxygens (including phenoxy) is 1. The normalized spacial score (nSPS) is 12.6. The molecule has 1 atom stereocenters. The lowest BCUT2D eigenvalue weighted by molar-refractivity contribution is -0.124. The Morgan fingerprint density at radius 2 is 1.89 bits per heavy atom. The number of carbonyl (C=O) groups is 2. The Hall–Kier alpha value is -2.27. The van der Waals surface area contributed by atoms with Gasteiger partial charge in [0, 0.05) is 11.9 Å². The van der Waals surface area contributed by atoms with Crippen molar-refractivity contribution in [3.8, 4) is 0 Å². The number of nitrogens with zero attached hydrogens (tertiary/aromatic N) is 1. The van der Waals surface area contributed by atoms with Gasteiger partial charge in [-0.25, -0.2) is 13.2 Å². The maximum absolute atomic E-state index is 12.1. The fourth-order valence-corrected chi connectivity index (χ4v) is 3.82. The van der Waals surface area contributed by atoms with E-state index in [2.05, 4.69) is 10.2 Å². The largest absolute Gasteiger partial charge is 0.452 e. The predicted octanol–water partition coefficient (Wildman–Crippen LogP) is 1.96. The highest BCUT2D eigenvalue weighted by molar-refractivity contribution is 7.89. The minimum absolute atomic E-state index is 0.0362. The molecule has 10 heteroatoms. The van der Waals surface area contributed by atoms with Crippen LogP contribution in [0.1, 0.15) is 28.2 Å². The molecule has 0 saturated carbocycles. The van der Waals surface area contributed by atoms with E-state index in [4.69, 9.17) is 4.74 Å². The minimum Gasteiger partial charge on any atom is -0.452 e. The number of benzene rings is 1. The van der Waals surface area contributed by atoms with Crippen LogP contribution in [0.5, 0.6) is 0 Å². The summed E-state index contributed by atoms with van der Waals surface area (Å²) in [5, 5.41) is 4.64. The number of esters is 1. The van der Waals surface area contributed by atoms with Crippen LogP contribution in [0.4, 0.5) is 0 Å². The van der Waals surface area contributed by atoms with E-state index >= 15 is 0 Å². The zero-order valence-electron chi connectivity index (χ0n) is 15.0. The first kappa shape index (κ1) is 21.0. The van der Waals surface area contributed by atoms with Crippen molar-refractivity contribution >= 4 is 33.2 Å². The number of hydroxylamine groups is 1. The van der Waals surface area contributed by atoms with Crippen LogP contribution in [0, 0.1) is 0 Å². The first-order valence-corrected chi connectivity index (χ1v) is 10.2. The maximum Gasteiger partial charge on any atom is 0.338 e. The number of nitrogens with one attached hydrogen (secondary N) is 1. The second-order valence-corrected chi connectivity index (χ2v) is 8.42. The summed E-state index contributed by atoms with van der Waals surface area (Å²) in [5.41, 5.74) is 0.133. The summed E-state index contributed by atoms with van der Waals surface area (Å²) in [6.45, 7) is 1.41. The van der Waals surface area contributed by atoms with Crippen molar-refractivity contribution in [1.29, 1.82) is 0 Å². The molecule has 1 amide bonds. The summed E-state index contributed by atoms with van der Waals surface area (Å²) < 4.78 is 29.9. The predicted molar refractivity (Wildman–Crippen MR) is 99.6 cm³/mol. The van der Waals surface area contributed by atoms with E-state index in [1.54, 1.807) is 0 Å². The highest BCUT2D eigenvalue weighted by Crippen LogP contribution is 2.18. The van der Waals surface area contributed by atoms with Gasteiger partial charge < -0.3 is 10.1 Å². The highest BCUT2D eigenvalue weighted by Gasteiger charge is 2.21. The van der Waals surface area contributed by atoms with Crippen LogP contribution in [0.2, 0.25) is 0 Å². The SMILES string of the molecule is CON(C)S(=O)(=O)c1ccc(C(=O)OCC(=O)N[C@H](C)c2cccs2)cc1. The molecule has 0 aliphatic rings. The van der Waals surface area contributed by atoms with Gasteiger partial charge in [-0.2, -0.15) is 0 Å². The first-order chi connectivity index (χ1) is 12.8. The van der Waals surface area contributed by atoms with Gasteiger partial charge in [0.2, 0.25) is 0 Å². The van der Waals surface area contributed by atoms with Crippen LogP contribution >= 0.6 is 11.3 Å². The van der Waals surface area contributed by atoms with Gasteiger partial charge in [0.1, 0.15) is 0 Å². The van der Waals surface area contributed by atoms with Crippen molar-refractivity contribution in [2.45, 2.75) is 17.9 Å². The summed E-state index contributed by atoms with van der Waals surface area (Å²) in [7, 11) is -1.31.